The van der Waals surface area contributed by atoms with Gasteiger partial charge in [-0.15, -0.1) is 9.24 Å². The molecule has 0 aliphatic rings. The van der Waals surface area contributed by atoms with Gasteiger partial charge in [-0.05, 0) is 95.4 Å². The smallest absolute Gasteiger partial charge is 0.343 e. The van der Waals surface area contributed by atoms with Crippen LogP contribution in [0.25, 0.3) is 10.8 Å². The van der Waals surface area contributed by atoms with Gasteiger partial charge in [-0.25, -0.2) is 4.79 Å². The lowest BCUT2D eigenvalue weighted by atomic mass is 10.1. The summed E-state index contributed by atoms with van der Waals surface area (Å²) in [7, 11) is 2.66. The van der Waals surface area contributed by atoms with Crippen LogP contribution in [0.2, 0.25) is 0 Å². The van der Waals surface area contributed by atoms with E-state index in [1.54, 1.807) is 24.3 Å². The standard InChI is InChI=1S/C27H18NO2PS/c29-27(22-8-4-21(17-31)5-9-22)30-26-13-6-19(7-14-26)1-2-20-3-10-24-16-25(28-18-32)12-11-23(24)15-20/h3-16H,17,31H2. The van der Waals surface area contributed by atoms with Gasteiger partial charge >= 0.3 is 5.97 Å². The Bertz CT molecular complexity index is 1390. The van der Waals surface area contributed by atoms with Crippen LogP contribution in [0.15, 0.2) is 89.9 Å². The molecule has 4 aromatic rings. The Balaban J connectivity index is 1.45. The highest BCUT2D eigenvalue weighted by Crippen LogP contribution is 2.22. The summed E-state index contributed by atoms with van der Waals surface area (Å²) in [6.45, 7) is 0. The van der Waals surface area contributed by atoms with Crippen molar-refractivity contribution in [3.63, 3.8) is 0 Å². The summed E-state index contributed by atoms with van der Waals surface area (Å²) >= 11 is 4.66. The minimum absolute atomic E-state index is 0.380. The molecule has 0 heterocycles. The van der Waals surface area contributed by atoms with Crippen LogP contribution in [0.1, 0.15) is 27.0 Å². The maximum absolute atomic E-state index is 12.3. The Morgan fingerprint density at radius 2 is 1.50 bits per heavy atom. The quantitative estimate of drug-likeness (QED) is 0.0880. The van der Waals surface area contributed by atoms with Crippen molar-refractivity contribution in [2.75, 3.05) is 0 Å². The van der Waals surface area contributed by atoms with Gasteiger partial charge < -0.3 is 4.74 Å². The number of rotatable bonds is 4. The molecular weight excluding hydrogens is 433 g/mol. The molecule has 32 heavy (non-hydrogen) atoms. The number of hydrogen-bond acceptors (Lipinski definition) is 4. The number of thiocarbonyl (C=S) groups is 1. The van der Waals surface area contributed by atoms with Gasteiger partial charge in [0.25, 0.3) is 0 Å². The molecule has 0 amide bonds. The normalized spacial score (nSPS) is 10.0. The first kappa shape index (κ1) is 21.6. The molecule has 1 atom stereocenters. The highest BCUT2D eigenvalue weighted by Gasteiger charge is 2.08. The number of hydrogen-bond donors (Lipinski definition) is 0. The van der Waals surface area contributed by atoms with E-state index in [4.69, 9.17) is 4.74 Å². The summed E-state index contributed by atoms with van der Waals surface area (Å²) in [5.74, 6) is 6.43. The van der Waals surface area contributed by atoms with Crippen LogP contribution >= 0.6 is 21.5 Å². The number of carbonyl (C=O) groups excluding carboxylic acids is 1. The first-order valence-corrected chi connectivity index (χ1v) is 11.1. The molecule has 3 nitrogen and oxygen atoms in total. The van der Waals surface area contributed by atoms with E-state index in [2.05, 4.69) is 43.5 Å². The van der Waals surface area contributed by atoms with Crippen LogP contribution in [-0.2, 0) is 6.16 Å². The first-order valence-electron chi connectivity index (χ1n) is 9.89. The van der Waals surface area contributed by atoms with E-state index < -0.39 is 0 Å². The lowest BCUT2D eigenvalue weighted by Crippen LogP contribution is -2.08. The van der Waals surface area contributed by atoms with Crippen molar-refractivity contribution in [3.8, 4) is 17.6 Å². The van der Waals surface area contributed by atoms with E-state index in [0.29, 0.717) is 11.3 Å². The van der Waals surface area contributed by atoms with E-state index in [0.717, 1.165) is 39.3 Å². The summed E-state index contributed by atoms with van der Waals surface area (Å²) in [6, 6.07) is 26.4. The van der Waals surface area contributed by atoms with Gasteiger partial charge in [0.2, 0.25) is 0 Å². The van der Waals surface area contributed by atoms with Gasteiger partial charge in [-0.1, -0.05) is 36.1 Å². The molecule has 0 saturated carbocycles. The number of carbonyl (C=O) groups is 1. The molecule has 5 heteroatoms. The van der Waals surface area contributed by atoms with Crippen molar-refractivity contribution in [2.45, 2.75) is 6.16 Å². The Kier molecular flexibility index (Phi) is 6.85. The maximum atomic E-state index is 12.3. The van der Waals surface area contributed by atoms with Gasteiger partial charge in [0, 0.05) is 11.1 Å². The molecule has 0 aromatic heterocycles. The van der Waals surface area contributed by atoms with Crippen LogP contribution in [-0.4, -0.2) is 11.1 Å². The highest BCUT2D eigenvalue weighted by molar-refractivity contribution is 7.78. The Morgan fingerprint density at radius 1 is 0.844 bits per heavy atom. The molecule has 4 aromatic carbocycles. The summed E-state index contributed by atoms with van der Waals surface area (Å²) in [5, 5.41) is 4.53. The van der Waals surface area contributed by atoms with E-state index >= 15 is 0 Å². The molecule has 0 aliphatic heterocycles. The molecular formula is C27H18NO2PS. The van der Waals surface area contributed by atoms with Crippen molar-refractivity contribution >= 4 is 49.0 Å². The molecule has 0 bridgehead atoms. The third-order valence-corrected chi connectivity index (χ3v) is 5.40. The largest absolute Gasteiger partial charge is 0.423 e. The minimum atomic E-state index is -0.380. The van der Waals surface area contributed by atoms with Crippen molar-refractivity contribution < 1.29 is 9.53 Å². The van der Waals surface area contributed by atoms with Crippen LogP contribution in [0.3, 0.4) is 0 Å². The van der Waals surface area contributed by atoms with Crippen LogP contribution in [0.5, 0.6) is 5.75 Å². The van der Waals surface area contributed by atoms with Crippen LogP contribution in [0, 0.1) is 11.8 Å². The molecule has 0 fully saturated rings. The van der Waals surface area contributed by atoms with Gasteiger partial charge in [-0.2, -0.15) is 4.99 Å². The number of aliphatic imine (C=N–C) groups is 1. The molecule has 0 radical (unpaired) electrons. The Hall–Kier alpha value is -3.60. The highest BCUT2D eigenvalue weighted by atomic mass is 32.1. The molecule has 4 rings (SSSR count). The topological polar surface area (TPSA) is 38.7 Å². The summed E-state index contributed by atoms with van der Waals surface area (Å²) in [5.41, 5.74) is 4.19. The molecule has 0 spiro atoms. The zero-order valence-corrected chi connectivity index (χ0v) is 19.0. The number of ether oxygens (including phenoxy) is 1. The van der Waals surface area contributed by atoms with Gasteiger partial charge in [0.1, 0.15) is 5.75 Å². The Labute approximate surface area is 194 Å². The van der Waals surface area contributed by atoms with Gasteiger partial charge in [0.15, 0.2) is 0 Å². The fraction of sp³-hybridized carbons (Fsp3) is 0.0370. The lowest BCUT2D eigenvalue weighted by Gasteiger charge is -2.05. The second kappa shape index (κ2) is 10.1. The Morgan fingerprint density at radius 3 is 2.22 bits per heavy atom. The summed E-state index contributed by atoms with van der Waals surface area (Å²) in [6.07, 6.45) is 0.849. The number of esters is 1. The molecule has 0 saturated heterocycles. The SMILES string of the molecule is O=C(Oc1ccc(C#Cc2ccc3cc(N=C=S)ccc3c2)cc1)c1ccc(CP)cc1. The first-order chi connectivity index (χ1) is 15.6. The second-order valence-corrected chi connectivity index (χ2v) is 7.61. The monoisotopic (exact) mass is 451 g/mol. The lowest BCUT2D eigenvalue weighted by molar-refractivity contribution is 0.0735. The predicted octanol–water partition coefficient (Wildman–Crippen LogP) is 6.57. The average molecular weight is 451 g/mol. The molecule has 0 N–H and O–H groups in total. The third-order valence-electron chi connectivity index (χ3n) is 4.84. The second-order valence-electron chi connectivity index (χ2n) is 7.01. The van der Waals surface area contributed by atoms with Crippen molar-refractivity contribution in [1.29, 1.82) is 0 Å². The number of benzene rings is 4. The summed E-state index contributed by atoms with van der Waals surface area (Å²) in [4.78, 5) is 16.3. The van der Waals surface area contributed by atoms with E-state index in [9.17, 15) is 4.79 Å². The van der Waals surface area contributed by atoms with Crippen molar-refractivity contribution in [3.05, 3.63) is 107 Å². The molecule has 0 aliphatic carbocycles. The van der Waals surface area contributed by atoms with E-state index in [-0.39, 0.29) is 5.97 Å². The van der Waals surface area contributed by atoms with Crippen LogP contribution in [0.4, 0.5) is 5.69 Å². The average Bonchev–Trinajstić information content (AvgIpc) is 2.84. The summed E-state index contributed by atoms with van der Waals surface area (Å²) < 4.78 is 5.46. The number of fused-ring (bicyclic) bond motifs is 1. The maximum Gasteiger partial charge on any atom is 0.343 e. The fourth-order valence-corrected chi connectivity index (χ4v) is 3.50. The van der Waals surface area contributed by atoms with Crippen LogP contribution < -0.4 is 4.74 Å². The van der Waals surface area contributed by atoms with Crippen molar-refractivity contribution in [1.82, 2.24) is 0 Å². The third kappa shape index (κ3) is 5.35. The molecule has 154 valence electrons. The van der Waals surface area contributed by atoms with E-state index in [1.807, 2.05) is 60.7 Å². The van der Waals surface area contributed by atoms with Gasteiger partial charge in [-0.3, -0.25) is 0 Å². The van der Waals surface area contributed by atoms with Crippen molar-refractivity contribution in [2.24, 2.45) is 4.99 Å². The number of isothiocyanates is 1. The minimum Gasteiger partial charge on any atom is -0.423 e. The number of nitrogens with zero attached hydrogens (tertiary/aromatic N) is 1. The zero-order chi connectivity index (χ0) is 22.3. The fourth-order valence-electron chi connectivity index (χ4n) is 3.13. The predicted molar refractivity (Wildman–Crippen MR) is 136 cm³/mol. The van der Waals surface area contributed by atoms with Gasteiger partial charge in [0.05, 0.1) is 16.4 Å². The molecule has 1 unspecified atom stereocenters. The van der Waals surface area contributed by atoms with E-state index in [1.165, 1.54) is 0 Å². The zero-order valence-electron chi connectivity index (χ0n) is 17.0.